The number of carbonyl (C=O) groups excluding carboxylic acids is 2. The number of pyridine rings is 1. The molecule has 3 heterocycles. The zero-order valence-corrected chi connectivity index (χ0v) is 30.1. The molecular formula is C36H38Cl2N6O5S. The third-order valence-corrected chi connectivity index (χ3v) is 12.1. The van der Waals surface area contributed by atoms with Crippen LogP contribution in [0.3, 0.4) is 0 Å². The van der Waals surface area contributed by atoms with E-state index in [0.29, 0.717) is 61.3 Å². The lowest BCUT2D eigenvalue weighted by Gasteiger charge is -2.29. The molecule has 4 aromatic rings. The number of aromatic nitrogens is 1. The Bertz CT molecular complexity index is 2080. The van der Waals surface area contributed by atoms with Gasteiger partial charge in [-0.2, -0.15) is 9.41 Å². The number of ether oxygens (including phenoxy) is 1. The van der Waals surface area contributed by atoms with Gasteiger partial charge < -0.3 is 20.4 Å². The third-order valence-electron chi connectivity index (χ3n) is 9.21. The average molecular weight is 738 g/mol. The topological polar surface area (TPSA) is 138 Å². The summed E-state index contributed by atoms with van der Waals surface area (Å²) in [6.45, 7) is 5.49. The van der Waals surface area contributed by atoms with Gasteiger partial charge in [-0.15, -0.1) is 0 Å². The summed E-state index contributed by atoms with van der Waals surface area (Å²) in [6, 6.07) is 16.6. The van der Waals surface area contributed by atoms with Gasteiger partial charge in [0.1, 0.15) is 28.8 Å². The smallest absolute Gasteiger partial charge is 0.253 e. The van der Waals surface area contributed by atoms with E-state index in [0.717, 1.165) is 22.2 Å². The molecule has 3 aromatic carbocycles. The highest BCUT2D eigenvalue weighted by Gasteiger charge is 2.42. The molecule has 2 N–H and O–H groups in total. The minimum absolute atomic E-state index is 0.0524. The first-order chi connectivity index (χ1) is 24.0. The zero-order valence-electron chi connectivity index (χ0n) is 27.8. The van der Waals surface area contributed by atoms with Crippen LogP contribution < -0.4 is 10.6 Å². The predicted molar refractivity (Wildman–Crippen MR) is 194 cm³/mol. The second-order valence-corrected chi connectivity index (χ2v) is 15.1. The number of nitrogens with zero attached hydrogens (tertiary/aromatic N) is 5. The van der Waals surface area contributed by atoms with Crippen LogP contribution in [0.25, 0.3) is 10.9 Å². The van der Waals surface area contributed by atoms with E-state index in [1.165, 1.54) is 22.7 Å². The summed E-state index contributed by atoms with van der Waals surface area (Å²) in [5.41, 5.74) is 4.21. The molecule has 50 heavy (non-hydrogen) atoms. The van der Waals surface area contributed by atoms with Crippen LogP contribution in [0.1, 0.15) is 52.0 Å². The van der Waals surface area contributed by atoms with Gasteiger partial charge in [0, 0.05) is 60.0 Å². The summed E-state index contributed by atoms with van der Waals surface area (Å²) >= 11 is 13.3. The summed E-state index contributed by atoms with van der Waals surface area (Å²) in [5, 5.41) is 4.65. The minimum Gasteiger partial charge on any atom is -0.487 e. The molecule has 0 spiro atoms. The molecule has 2 saturated heterocycles. The average Bonchev–Trinajstić information content (AvgIpc) is 3.47. The van der Waals surface area contributed by atoms with Crippen LogP contribution in [0, 0.1) is 13.8 Å². The molecule has 11 nitrogen and oxygen atoms in total. The fourth-order valence-corrected chi connectivity index (χ4v) is 9.18. The van der Waals surface area contributed by atoms with Crippen molar-refractivity contribution < 1.29 is 22.7 Å². The number of aryl methyl sites for hydroxylation is 2. The Morgan fingerprint density at radius 2 is 1.72 bits per heavy atom. The predicted octanol–water partition coefficient (Wildman–Crippen LogP) is 5.56. The molecular weight excluding hydrogens is 699 g/mol. The van der Waals surface area contributed by atoms with Crippen LogP contribution in [0.2, 0.25) is 10.0 Å². The van der Waals surface area contributed by atoms with E-state index >= 15 is 0 Å². The Morgan fingerprint density at radius 3 is 2.48 bits per heavy atom. The number of hydrogen-bond donors (Lipinski definition) is 1. The van der Waals surface area contributed by atoms with E-state index in [2.05, 4.69) is 10.1 Å². The fourth-order valence-electron chi connectivity index (χ4n) is 6.66. The van der Waals surface area contributed by atoms with E-state index in [-0.39, 0.29) is 46.5 Å². The van der Waals surface area contributed by atoms with Crippen LogP contribution in [-0.4, -0.2) is 84.3 Å². The second-order valence-electron chi connectivity index (χ2n) is 12.5. The van der Waals surface area contributed by atoms with Crippen molar-refractivity contribution in [2.24, 2.45) is 10.9 Å². The molecule has 262 valence electrons. The number of nitrogens with two attached hydrogens (primary N) is 1. The molecule has 1 aromatic heterocycles. The molecule has 0 bridgehead atoms. The first-order valence-corrected chi connectivity index (χ1v) is 18.6. The molecule has 0 unspecified atom stereocenters. The van der Waals surface area contributed by atoms with Gasteiger partial charge in [0.2, 0.25) is 15.9 Å². The Morgan fingerprint density at radius 1 is 0.980 bits per heavy atom. The Kier molecular flexibility index (Phi) is 10.6. The molecule has 6 rings (SSSR count). The van der Waals surface area contributed by atoms with Crippen LogP contribution in [0.4, 0.5) is 0 Å². The lowest BCUT2D eigenvalue weighted by Crippen LogP contribution is -2.48. The maximum Gasteiger partial charge on any atom is 0.253 e. The molecule has 0 saturated carbocycles. The minimum atomic E-state index is -4.20. The lowest BCUT2D eigenvalue weighted by molar-refractivity contribution is -0.134. The molecule has 0 radical (unpaired) electrons. The van der Waals surface area contributed by atoms with Crippen molar-refractivity contribution >= 4 is 62.2 Å². The molecule has 2 amide bonds. The number of amides is 2. The summed E-state index contributed by atoms with van der Waals surface area (Å²) < 4.78 is 35.8. The van der Waals surface area contributed by atoms with Crippen molar-refractivity contribution in [3.63, 3.8) is 0 Å². The molecule has 2 aliphatic rings. The highest BCUT2D eigenvalue weighted by Crippen LogP contribution is 2.37. The highest BCUT2D eigenvalue weighted by atomic mass is 35.5. The van der Waals surface area contributed by atoms with E-state index < -0.39 is 16.1 Å². The maximum absolute atomic E-state index is 14.2. The number of carbonyl (C=O) groups is 2. The Labute approximate surface area is 301 Å². The van der Waals surface area contributed by atoms with Crippen molar-refractivity contribution in [3.8, 4) is 5.75 Å². The molecule has 2 fully saturated rings. The van der Waals surface area contributed by atoms with Crippen molar-refractivity contribution in [1.82, 2.24) is 19.1 Å². The van der Waals surface area contributed by atoms with Crippen LogP contribution in [0.15, 0.2) is 70.7 Å². The van der Waals surface area contributed by atoms with Gasteiger partial charge in [-0.25, -0.2) is 13.4 Å². The normalized spacial score (nSPS) is 17.4. The monoisotopic (exact) mass is 736 g/mol. The van der Waals surface area contributed by atoms with E-state index in [4.69, 9.17) is 33.8 Å². The number of hydrazone groups is 1. The van der Waals surface area contributed by atoms with Gasteiger partial charge in [0.25, 0.3) is 5.91 Å². The van der Waals surface area contributed by atoms with E-state index in [1.807, 2.05) is 32.0 Å². The molecule has 2 aliphatic heterocycles. The van der Waals surface area contributed by atoms with Gasteiger partial charge in [-0.05, 0) is 80.6 Å². The number of halogens is 2. The van der Waals surface area contributed by atoms with Crippen LogP contribution >= 0.6 is 23.2 Å². The van der Waals surface area contributed by atoms with Gasteiger partial charge in [-0.1, -0.05) is 47.5 Å². The molecule has 1 atom stereocenters. The lowest BCUT2D eigenvalue weighted by atomic mass is 10.1. The van der Waals surface area contributed by atoms with E-state index in [9.17, 15) is 18.0 Å². The van der Waals surface area contributed by atoms with Crippen molar-refractivity contribution in [2.75, 3.05) is 32.7 Å². The van der Waals surface area contributed by atoms with E-state index in [1.54, 1.807) is 40.1 Å². The van der Waals surface area contributed by atoms with Crippen molar-refractivity contribution in [3.05, 3.63) is 98.7 Å². The number of fused-ring (bicyclic) bond motifs is 1. The van der Waals surface area contributed by atoms with Crippen LogP contribution in [-0.2, 0) is 21.4 Å². The summed E-state index contributed by atoms with van der Waals surface area (Å²) in [4.78, 5) is 35.0. The quantitative estimate of drug-likeness (QED) is 0.142. The number of benzene rings is 3. The Hall–Kier alpha value is -4.23. The van der Waals surface area contributed by atoms with Gasteiger partial charge in [0.15, 0.2) is 0 Å². The fraction of sp³-hybridized carbons (Fsp3) is 0.333. The Balaban J connectivity index is 1.17. The summed E-state index contributed by atoms with van der Waals surface area (Å²) in [5.74, 6) is 5.31. The standard InChI is InChI=1S/C36H38Cl2N6O5S/c1-23-20-24(2)41-34-27(23)6-3-8-31(34)49-22-28-29(37)13-14-32(33(28)38)50(47,48)44-17-4-7-30(44)36(46)43-16-5-15-42(18-19-43)35(45)26-11-9-25(10-12-26)21-40-39/h3,6,8-14,20-21,30H,4-5,7,15-19,22,39H2,1-2H3/t30-/m0/s1. The number of rotatable bonds is 8. The third kappa shape index (κ3) is 7.16. The van der Waals surface area contributed by atoms with Gasteiger partial charge >= 0.3 is 0 Å². The van der Waals surface area contributed by atoms with Crippen molar-refractivity contribution in [1.29, 1.82) is 0 Å². The maximum atomic E-state index is 14.2. The summed E-state index contributed by atoms with van der Waals surface area (Å²) in [6.07, 6.45) is 2.96. The second kappa shape index (κ2) is 14.9. The zero-order chi connectivity index (χ0) is 35.6. The largest absolute Gasteiger partial charge is 0.487 e. The number of para-hydroxylation sites is 1. The molecule has 0 aliphatic carbocycles. The van der Waals surface area contributed by atoms with Gasteiger partial charge in [-0.3, -0.25) is 9.59 Å². The SMILES string of the molecule is Cc1cc(C)c2cccc(OCc3c(Cl)ccc(S(=O)(=O)N4CCC[C@H]4C(=O)N4CCCN(C(=O)c5ccc(C=NN)cc5)CC4)c3Cl)c2n1. The van der Waals surface area contributed by atoms with Crippen molar-refractivity contribution in [2.45, 2.75) is 50.7 Å². The molecule has 14 heteroatoms. The first kappa shape index (κ1) is 35.6. The number of hydrogen-bond acceptors (Lipinski definition) is 8. The highest BCUT2D eigenvalue weighted by molar-refractivity contribution is 7.89. The summed E-state index contributed by atoms with van der Waals surface area (Å²) in [7, 11) is -4.20. The van der Waals surface area contributed by atoms with Gasteiger partial charge in [0.05, 0.1) is 11.2 Å². The first-order valence-electron chi connectivity index (χ1n) is 16.4. The van der Waals surface area contributed by atoms with Crippen LogP contribution in [0.5, 0.6) is 5.75 Å². The number of sulfonamides is 1.